The van der Waals surface area contributed by atoms with E-state index in [9.17, 15) is 14.3 Å². The highest BCUT2D eigenvalue weighted by Gasteiger charge is 2.51. The van der Waals surface area contributed by atoms with E-state index in [1.54, 1.807) is 36.4 Å². The molecule has 0 saturated carbocycles. The Labute approximate surface area is 295 Å². The number of anilines is 1. The molecule has 3 aliphatic rings. The highest BCUT2D eigenvalue weighted by atomic mass is 19.1. The number of aromatic amines is 1. The monoisotopic (exact) mass is 691 g/mol. The number of likely N-dealkylation sites (tertiary alicyclic amines) is 1. The van der Waals surface area contributed by atoms with Gasteiger partial charge in [-0.1, -0.05) is 12.1 Å². The average molecular weight is 692 g/mol. The SMILES string of the molecule is CC(C)Oc1ccc(-c2n[nH]c3ccc(N4CC[C@]5(CCN(CC(O)N6CC=C(c7ccc(-c8ncn(C)n8)c(F)c7)CC6)C5)C4=O)cc23)cn1. The summed E-state index contributed by atoms with van der Waals surface area (Å²) in [6.07, 6.45) is 7.00. The van der Waals surface area contributed by atoms with E-state index in [1.165, 1.54) is 0 Å². The van der Waals surface area contributed by atoms with Crippen LogP contribution in [0.4, 0.5) is 10.1 Å². The molecule has 2 aromatic carbocycles. The van der Waals surface area contributed by atoms with Gasteiger partial charge in [-0.15, -0.1) is 0 Å². The lowest BCUT2D eigenvalue weighted by molar-refractivity contribution is -0.125. The molecule has 1 unspecified atom stereocenters. The number of H-pyrrole nitrogens is 1. The molecule has 8 rings (SSSR count). The lowest BCUT2D eigenvalue weighted by atomic mass is 9.85. The maximum absolute atomic E-state index is 15.0. The molecule has 0 bridgehead atoms. The molecule has 13 heteroatoms. The lowest BCUT2D eigenvalue weighted by Gasteiger charge is -2.33. The Morgan fingerprint density at radius 1 is 1.04 bits per heavy atom. The Morgan fingerprint density at radius 2 is 1.88 bits per heavy atom. The van der Waals surface area contributed by atoms with Crippen molar-refractivity contribution in [3.05, 3.63) is 78.5 Å². The Hall–Kier alpha value is -4.98. The van der Waals surface area contributed by atoms with Crippen molar-refractivity contribution in [3.63, 3.8) is 0 Å². The Morgan fingerprint density at radius 3 is 2.61 bits per heavy atom. The second-order valence-electron chi connectivity index (χ2n) is 14.2. The first-order valence-corrected chi connectivity index (χ1v) is 17.6. The van der Waals surface area contributed by atoms with E-state index >= 15 is 0 Å². The van der Waals surface area contributed by atoms with Crippen molar-refractivity contribution in [2.24, 2.45) is 12.5 Å². The third-order valence-corrected chi connectivity index (χ3v) is 10.4. The van der Waals surface area contributed by atoms with E-state index in [0.717, 1.165) is 58.4 Å². The van der Waals surface area contributed by atoms with Gasteiger partial charge in [0.05, 0.1) is 22.6 Å². The number of aromatic nitrogens is 6. The van der Waals surface area contributed by atoms with Crippen molar-refractivity contribution in [3.8, 4) is 28.5 Å². The first-order chi connectivity index (χ1) is 24.7. The van der Waals surface area contributed by atoms with Gasteiger partial charge in [0.1, 0.15) is 24.1 Å². The van der Waals surface area contributed by atoms with Crippen molar-refractivity contribution in [1.29, 1.82) is 0 Å². The standard InChI is InChI=1S/C38H42FN9O3/c1-24(2)51-33-9-5-27(20-40-33)35-30-19-28(6-8-32(30)42-43-35)48-17-13-38(37(48)50)12-16-46(22-38)21-34(49)47-14-10-25(11-15-47)26-4-7-29(31(39)18-26)36-41-23-45(3)44-36/h4-10,18-20,23-24,34,49H,11-17,21-22H2,1-3H3,(H,42,43)/t34?,38-/m0/s1. The number of ether oxygens (including phenoxy) is 1. The lowest BCUT2D eigenvalue weighted by Crippen LogP contribution is -2.46. The minimum Gasteiger partial charge on any atom is -0.475 e. The number of benzene rings is 2. The Kier molecular flexibility index (Phi) is 8.65. The van der Waals surface area contributed by atoms with Crippen LogP contribution in [0.25, 0.3) is 39.1 Å². The predicted molar refractivity (Wildman–Crippen MR) is 192 cm³/mol. The fourth-order valence-corrected chi connectivity index (χ4v) is 7.70. The Balaban J connectivity index is 0.892. The zero-order valence-corrected chi connectivity index (χ0v) is 29.1. The number of nitrogens with one attached hydrogen (secondary N) is 1. The molecule has 2 fully saturated rings. The third kappa shape index (κ3) is 6.41. The quantitative estimate of drug-likeness (QED) is 0.222. The molecule has 1 amide bonds. The van der Waals surface area contributed by atoms with Crippen LogP contribution >= 0.6 is 0 Å². The summed E-state index contributed by atoms with van der Waals surface area (Å²) in [4.78, 5) is 28.8. The van der Waals surface area contributed by atoms with Gasteiger partial charge in [0.15, 0.2) is 5.82 Å². The summed E-state index contributed by atoms with van der Waals surface area (Å²) in [6.45, 7) is 7.67. The number of fused-ring (bicyclic) bond motifs is 1. The van der Waals surface area contributed by atoms with Gasteiger partial charge in [0, 0.05) is 68.7 Å². The maximum atomic E-state index is 15.0. The fourth-order valence-electron chi connectivity index (χ4n) is 7.70. The number of aliphatic hydroxyl groups is 1. The van der Waals surface area contributed by atoms with Crippen molar-refractivity contribution in [2.75, 3.05) is 44.2 Å². The van der Waals surface area contributed by atoms with Crippen LogP contribution in [0.15, 0.2) is 67.1 Å². The summed E-state index contributed by atoms with van der Waals surface area (Å²) in [6, 6.07) is 15.0. The smallest absolute Gasteiger partial charge is 0.234 e. The zero-order valence-electron chi connectivity index (χ0n) is 29.1. The topological polar surface area (TPSA) is 129 Å². The van der Waals surface area contributed by atoms with Crippen LogP contribution in [0.1, 0.15) is 38.7 Å². The molecule has 0 aliphatic carbocycles. The van der Waals surface area contributed by atoms with Gasteiger partial charge in [-0.2, -0.15) is 10.2 Å². The van der Waals surface area contributed by atoms with E-state index in [0.29, 0.717) is 56.4 Å². The van der Waals surface area contributed by atoms with Gasteiger partial charge in [-0.05, 0) is 87.2 Å². The van der Waals surface area contributed by atoms with Crippen molar-refractivity contribution >= 4 is 28.1 Å². The number of aliphatic hydroxyl groups excluding tert-OH is 1. The molecule has 3 aromatic heterocycles. The molecular weight excluding hydrogens is 649 g/mol. The summed E-state index contributed by atoms with van der Waals surface area (Å²) in [5.41, 5.74) is 5.20. The first kappa shape index (κ1) is 33.2. The van der Waals surface area contributed by atoms with E-state index in [2.05, 4.69) is 36.2 Å². The summed E-state index contributed by atoms with van der Waals surface area (Å²) in [7, 11) is 1.75. The minimum absolute atomic E-state index is 0.0396. The molecule has 2 saturated heterocycles. The molecule has 6 heterocycles. The van der Waals surface area contributed by atoms with Gasteiger partial charge in [0.2, 0.25) is 11.8 Å². The van der Waals surface area contributed by atoms with Crippen LogP contribution in [0.3, 0.4) is 0 Å². The summed E-state index contributed by atoms with van der Waals surface area (Å²) >= 11 is 0. The molecule has 12 nitrogen and oxygen atoms in total. The number of amides is 1. The average Bonchev–Trinajstić information content (AvgIpc) is 3.92. The molecular formula is C38H42FN9O3. The van der Waals surface area contributed by atoms with Crippen LogP contribution < -0.4 is 9.64 Å². The van der Waals surface area contributed by atoms with E-state index in [1.807, 2.05) is 60.0 Å². The fraction of sp³-hybridized carbons (Fsp3) is 0.395. The van der Waals surface area contributed by atoms with Gasteiger partial charge in [-0.25, -0.2) is 14.4 Å². The Bertz CT molecular complexity index is 2110. The molecule has 1 spiro atoms. The van der Waals surface area contributed by atoms with Gasteiger partial charge < -0.3 is 14.7 Å². The van der Waals surface area contributed by atoms with Crippen LogP contribution in [-0.4, -0.2) is 102 Å². The number of nitrogens with zero attached hydrogens (tertiary/aromatic N) is 8. The van der Waals surface area contributed by atoms with E-state index < -0.39 is 11.6 Å². The van der Waals surface area contributed by atoms with Gasteiger partial charge in [0.25, 0.3) is 0 Å². The minimum atomic E-state index is -0.665. The summed E-state index contributed by atoms with van der Waals surface area (Å²) in [5.74, 6) is 0.719. The molecule has 5 aromatic rings. The normalized spacial score (nSPS) is 20.6. The summed E-state index contributed by atoms with van der Waals surface area (Å²) < 4.78 is 22.2. The number of aryl methyl sites for hydroxylation is 1. The highest BCUT2D eigenvalue weighted by Crippen LogP contribution is 2.43. The van der Waals surface area contributed by atoms with Crippen molar-refractivity contribution in [1.82, 2.24) is 39.7 Å². The predicted octanol–water partition coefficient (Wildman–Crippen LogP) is 4.88. The van der Waals surface area contributed by atoms with Crippen molar-refractivity contribution in [2.45, 2.75) is 45.4 Å². The second-order valence-corrected chi connectivity index (χ2v) is 14.2. The number of hydrogen-bond acceptors (Lipinski definition) is 9. The zero-order chi connectivity index (χ0) is 35.3. The molecule has 2 atom stereocenters. The number of hydrogen-bond donors (Lipinski definition) is 2. The number of carbonyl (C=O) groups excluding carboxylic acids is 1. The first-order valence-electron chi connectivity index (χ1n) is 17.6. The molecule has 3 aliphatic heterocycles. The largest absolute Gasteiger partial charge is 0.475 e. The van der Waals surface area contributed by atoms with Crippen LogP contribution in [0.5, 0.6) is 5.88 Å². The number of β-amino-alcohol motifs (C(OH)–C–C–N with tert-alkyl or cyclic N) is 1. The molecule has 264 valence electrons. The van der Waals surface area contributed by atoms with Crippen LogP contribution in [0.2, 0.25) is 0 Å². The van der Waals surface area contributed by atoms with Crippen LogP contribution in [-0.2, 0) is 11.8 Å². The third-order valence-electron chi connectivity index (χ3n) is 10.4. The number of halogens is 1. The van der Waals surface area contributed by atoms with Crippen LogP contribution in [0, 0.1) is 11.2 Å². The van der Waals surface area contributed by atoms with Crippen molar-refractivity contribution < 1.29 is 19.0 Å². The van der Waals surface area contributed by atoms with Gasteiger partial charge >= 0.3 is 0 Å². The number of carbonyl (C=O) groups is 1. The van der Waals surface area contributed by atoms with E-state index in [4.69, 9.17) is 4.74 Å². The summed E-state index contributed by atoms with van der Waals surface area (Å²) in [5, 5.41) is 24.1. The number of pyridine rings is 1. The number of rotatable bonds is 9. The molecule has 51 heavy (non-hydrogen) atoms. The van der Waals surface area contributed by atoms with E-state index in [-0.39, 0.29) is 17.8 Å². The highest BCUT2D eigenvalue weighted by molar-refractivity contribution is 6.03. The second kappa shape index (κ2) is 13.3. The molecule has 0 radical (unpaired) electrons. The van der Waals surface area contributed by atoms with Gasteiger partial charge in [-0.3, -0.25) is 24.4 Å². The maximum Gasteiger partial charge on any atom is 0.234 e. The molecule has 2 N–H and O–H groups in total.